The van der Waals surface area contributed by atoms with Crippen molar-refractivity contribution in [2.45, 2.75) is 39.2 Å². The number of rotatable bonds is 4. The fourth-order valence-electron chi connectivity index (χ4n) is 2.72. The van der Waals surface area contributed by atoms with Crippen LogP contribution in [0.1, 0.15) is 49.0 Å². The van der Waals surface area contributed by atoms with Crippen molar-refractivity contribution in [1.82, 2.24) is 10.2 Å². The van der Waals surface area contributed by atoms with Crippen LogP contribution in [0.15, 0.2) is 24.3 Å². The lowest BCUT2D eigenvalue weighted by atomic mass is 10.0. The number of nitriles is 1. The van der Waals surface area contributed by atoms with Gasteiger partial charge in [0.1, 0.15) is 0 Å². The van der Waals surface area contributed by atoms with Gasteiger partial charge in [0, 0.05) is 31.1 Å². The zero-order valence-corrected chi connectivity index (χ0v) is 13.7. The van der Waals surface area contributed by atoms with Crippen LogP contribution in [0.25, 0.3) is 0 Å². The highest BCUT2D eigenvalue weighted by Gasteiger charge is 2.24. The van der Waals surface area contributed by atoms with Gasteiger partial charge in [-0.15, -0.1) is 0 Å². The Morgan fingerprint density at radius 2 is 1.87 bits per heavy atom. The Hall–Kier alpha value is -2.35. The van der Waals surface area contributed by atoms with Crippen LogP contribution in [0.3, 0.4) is 0 Å². The number of carbonyl (C=O) groups is 2. The second-order valence-electron chi connectivity index (χ2n) is 6.42. The van der Waals surface area contributed by atoms with E-state index in [-0.39, 0.29) is 17.9 Å². The number of piperidine rings is 1. The summed E-state index contributed by atoms with van der Waals surface area (Å²) in [6.07, 6.45) is 2.15. The van der Waals surface area contributed by atoms with E-state index in [1.165, 1.54) is 0 Å². The van der Waals surface area contributed by atoms with E-state index in [4.69, 9.17) is 5.26 Å². The molecule has 0 atom stereocenters. The first-order chi connectivity index (χ1) is 11.0. The molecule has 23 heavy (non-hydrogen) atoms. The van der Waals surface area contributed by atoms with E-state index in [0.717, 1.165) is 12.8 Å². The lowest BCUT2D eigenvalue weighted by molar-refractivity contribution is -0.133. The van der Waals surface area contributed by atoms with Crippen molar-refractivity contribution >= 4 is 11.8 Å². The Morgan fingerprint density at radius 1 is 1.26 bits per heavy atom. The minimum atomic E-state index is -0.124. The first-order valence-corrected chi connectivity index (χ1v) is 8.08. The molecule has 0 aliphatic carbocycles. The van der Waals surface area contributed by atoms with E-state index in [9.17, 15) is 9.59 Å². The van der Waals surface area contributed by atoms with Crippen LogP contribution < -0.4 is 5.32 Å². The number of carbonyl (C=O) groups excluding carboxylic acids is 2. The van der Waals surface area contributed by atoms with Crippen molar-refractivity contribution in [3.8, 4) is 6.07 Å². The normalized spacial score (nSPS) is 15.3. The van der Waals surface area contributed by atoms with Crippen LogP contribution in [0.2, 0.25) is 0 Å². The van der Waals surface area contributed by atoms with Crippen LogP contribution in [-0.4, -0.2) is 35.8 Å². The first-order valence-electron chi connectivity index (χ1n) is 8.08. The van der Waals surface area contributed by atoms with E-state index in [0.29, 0.717) is 36.6 Å². The Morgan fingerprint density at radius 3 is 2.39 bits per heavy atom. The van der Waals surface area contributed by atoms with Gasteiger partial charge in [-0.05, 0) is 43.0 Å². The number of benzene rings is 1. The molecule has 0 aromatic heterocycles. The monoisotopic (exact) mass is 313 g/mol. The molecule has 0 radical (unpaired) electrons. The average Bonchev–Trinajstić information content (AvgIpc) is 2.55. The summed E-state index contributed by atoms with van der Waals surface area (Å²) in [6, 6.07) is 8.74. The number of amides is 2. The van der Waals surface area contributed by atoms with E-state index in [2.05, 4.69) is 5.32 Å². The molecule has 5 heteroatoms. The maximum Gasteiger partial charge on any atom is 0.251 e. The van der Waals surface area contributed by atoms with E-state index in [1.54, 1.807) is 24.3 Å². The lowest BCUT2D eigenvalue weighted by Crippen LogP contribution is -2.46. The van der Waals surface area contributed by atoms with Gasteiger partial charge in [-0.3, -0.25) is 9.59 Å². The van der Waals surface area contributed by atoms with Gasteiger partial charge in [0.15, 0.2) is 0 Å². The van der Waals surface area contributed by atoms with Gasteiger partial charge in [-0.1, -0.05) is 13.8 Å². The topological polar surface area (TPSA) is 73.2 Å². The van der Waals surface area contributed by atoms with Crippen LogP contribution >= 0.6 is 0 Å². The quantitative estimate of drug-likeness (QED) is 0.927. The summed E-state index contributed by atoms with van der Waals surface area (Å²) in [7, 11) is 0. The summed E-state index contributed by atoms with van der Waals surface area (Å²) < 4.78 is 0. The fourth-order valence-corrected chi connectivity index (χ4v) is 2.72. The van der Waals surface area contributed by atoms with Gasteiger partial charge in [0.25, 0.3) is 5.91 Å². The molecular formula is C18H23N3O2. The zero-order valence-electron chi connectivity index (χ0n) is 13.7. The van der Waals surface area contributed by atoms with E-state index in [1.807, 2.05) is 24.8 Å². The lowest BCUT2D eigenvalue weighted by Gasteiger charge is -2.32. The predicted molar refractivity (Wildman–Crippen MR) is 87.7 cm³/mol. The molecule has 122 valence electrons. The van der Waals surface area contributed by atoms with Gasteiger partial charge in [0.05, 0.1) is 11.6 Å². The minimum Gasteiger partial charge on any atom is -0.349 e. The third kappa shape index (κ3) is 4.82. The smallest absolute Gasteiger partial charge is 0.251 e. The summed E-state index contributed by atoms with van der Waals surface area (Å²) >= 11 is 0. The molecule has 0 unspecified atom stereocenters. The molecule has 0 saturated carbocycles. The maximum absolute atomic E-state index is 12.2. The van der Waals surface area contributed by atoms with Crippen molar-refractivity contribution in [3.05, 3.63) is 35.4 Å². The standard InChI is InChI=1S/C18H23N3O2/c1-13(2)11-17(22)21-9-7-16(8-10-21)20-18(23)15-5-3-14(12-19)4-6-15/h3-6,13,16H,7-11H2,1-2H3,(H,20,23). The van der Waals surface area contributed by atoms with Crippen molar-refractivity contribution in [2.75, 3.05) is 13.1 Å². The Bertz CT molecular complexity index is 594. The van der Waals surface area contributed by atoms with Gasteiger partial charge in [-0.25, -0.2) is 0 Å². The number of nitrogens with zero attached hydrogens (tertiary/aromatic N) is 2. The van der Waals surface area contributed by atoms with Crippen molar-refractivity contribution in [1.29, 1.82) is 5.26 Å². The molecule has 0 spiro atoms. The summed E-state index contributed by atoms with van der Waals surface area (Å²) in [5, 5.41) is 11.8. The highest BCUT2D eigenvalue weighted by molar-refractivity contribution is 5.94. The molecule has 1 heterocycles. The fraction of sp³-hybridized carbons (Fsp3) is 0.500. The number of nitrogens with one attached hydrogen (secondary N) is 1. The maximum atomic E-state index is 12.2. The summed E-state index contributed by atoms with van der Waals surface area (Å²) in [6.45, 7) is 5.48. The molecule has 0 bridgehead atoms. The number of likely N-dealkylation sites (tertiary alicyclic amines) is 1. The SMILES string of the molecule is CC(C)CC(=O)N1CCC(NC(=O)c2ccc(C#N)cc2)CC1. The van der Waals surface area contributed by atoms with Crippen LogP contribution in [-0.2, 0) is 4.79 Å². The molecule has 1 N–H and O–H groups in total. The van der Waals surface area contributed by atoms with Gasteiger partial charge < -0.3 is 10.2 Å². The molecule has 1 aliphatic heterocycles. The van der Waals surface area contributed by atoms with Crippen molar-refractivity contribution in [3.63, 3.8) is 0 Å². The molecule has 2 amide bonds. The Kier molecular flexibility index (Phi) is 5.75. The van der Waals surface area contributed by atoms with Gasteiger partial charge >= 0.3 is 0 Å². The van der Waals surface area contributed by atoms with E-state index < -0.39 is 0 Å². The molecule has 5 nitrogen and oxygen atoms in total. The Balaban J connectivity index is 1.82. The highest BCUT2D eigenvalue weighted by atomic mass is 16.2. The Labute approximate surface area is 137 Å². The molecule has 1 saturated heterocycles. The number of hydrogen-bond donors (Lipinski definition) is 1. The molecule has 1 aliphatic rings. The third-order valence-corrected chi connectivity index (χ3v) is 4.04. The second-order valence-corrected chi connectivity index (χ2v) is 6.42. The first kappa shape index (κ1) is 17.0. The van der Waals surface area contributed by atoms with Crippen LogP contribution in [0, 0.1) is 17.2 Å². The van der Waals surface area contributed by atoms with Crippen LogP contribution in [0.4, 0.5) is 0 Å². The van der Waals surface area contributed by atoms with Gasteiger partial charge in [-0.2, -0.15) is 5.26 Å². The molecule has 1 aromatic carbocycles. The summed E-state index contributed by atoms with van der Waals surface area (Å²) in [5.41, 5.74) is 1.10. The molecule has 1 aromatic rings. The van der Waals surface area contributed by atoms with E-state index >= 15 is 0 Å². The second kappa shape index (κ2) is 7.77. The predicted octanol–water partition coefficient (Wildman–Crippen LogP) is 2.33. The largest absolute Gasteiger partial charge is 0.349 e. The van der Waals surface area contributed by atoms with Crippen molar-refractivity contribution < 1.29 is 9.59 Å². The highest BCUT2D eigenvalue weighted by Crippen LogP contribution is 2.14. The minimum absolute atomic E-state index is 0.0984. The third-order valence-electron chi connectivity index (χ3n) is 4.04. The van der Waals surface area contributed by atoms with Gasteiger partial charge in [0.2, 0.25) is 5.91 Å². The summed E-state index contributed by atoms with van der Waals surface area (Å²) in [5.74, 6) is 0.453. The van der Waals surface area contributed by atoms with Crippen LogP contribution in [0.5, 0.6) is 0 Å². The average molecular weight is 313 g/mol. The molecule has 2 rings (SSSR count). The van der Waals surface area contributed by atoms with Crippen molar-refractivity contribution in [2.24, 2.45) is 5.92 Å². The number of hydrogen-bond acceptors (Lipinski definition) is 3. The zero-order chi connectivity index (χ0) is 16.8. The molecular weight excluding hydrogens is 290 g/mol. The summed E-state index contributed by atoms with van der Waals surface area (Å²) in [4.78, 5) is 26.1. The molecule has 1 fully saturated rings.